The third kappa shape index (κ3) is 8.78. The number of ether oxygens (including phenoxy) is 1. The Morgan fingerprint density at radius 1 is 0.758 bits per heavy atom. The molecule has 10 rings (SSSR count). The minimum atomic E-state index is -3.83. The van der Waals surface area contributed by atoms with Gasteiger partial charge in [-0.05, 0) is 87.5 Å². The summed E-state index contributed by atoms with van der Waals surface area (Å²) in [5.74, 6) is -1.40. The molecule has 3 aliphatic rings. The predicted octanol–water partition coefficient (Wildman–Crippen LogP) is 2.16. The zero-order valence-electron chi connectivity index (χ0n) is 33.2. The highest BCUT2D eigenvalue weighted by molar-refractivity contribution is 7.90. The molecule has 3 atom stereocenters. The van der Waals surface area contributed by atoms with Crippen molar-refractivity contribution in [3.8, 4) is 0 Å². The summed E-state index contributed by atoms with van der Waals surface area (Å²) < 4.78 is 112. The Balaban J connectivity index is 0.000000129. The van der Waals surface area contributed by atoms with E-state index in [1.54, 1.807) is 48.8 Å². The van der Waals surface area contributed by atoms with Gasteiger partial charge in [-0.1, -0.05) is 0 Å². The third-order valence-electron chi connectivity index (χ3n) is 10.7. The number of morpholine rings is 1. The van der Waals surface area contributed by atoms with Crippen LogP contribution in [0.1, 0.15) is 18.4 Å². The average molecular weight is 914 g/mol. The van der Waals surface area contributed by atoms with Crippen molar-refractivity contribution in [2.45, 2.75) is 52.5 Å². The van der Waals surface area contributed by atoms with Crippen LogP contribution in [0.3, 0.4) is 0 Å². The average Bonchev–Trinajstić information content (AvgIpc) is 4.11. The van der Waals surface area contributed by atoms with Gasteiger partial charge in [0.05, 0.1) is 34.9 Å². The second-order valence-corrected chi connectivity index (χ2v) is 20.3. The first-order chi connectivity index (χ1) is 29.6. The van der Waals surface area contributed by atoms with E-state index in [1.165, 1.54) is 14.8 Å². The fourth-order valence-electron chi connectivity index (χ4n) is 7.49. The van der Waals surface area contributed by atoms with Gasteiger partial charge >= 0.3 is 0 Å². The van der Waals surface area contributed by atoms with Crippen molar-refractivity contribution in [2.24, 2.45) is 0 Å². The maximum atomic E-state index is 13.1. The van der Waals surface area contributed by atoms with Gasteiger partial charge in [-0.15, -0.1) is 0 Å². The lowest BCUT2D eigenvalue weighted by molar-refractivity contribution is 0.0608. The summed E-state index contributed by atoms with van der Waals surface area (Å²) in [5.41, 5.74) is 1.50. The minimum absolute atomic E-state index is 0.00793. The molecule has 0 spiro atoms. The van der Waals surface area contributed by atoms with Crippen molar-refractivity contribution in [3.05, 3.63) is 90.4 Å². The van der Waals surface area contributed by atoms with Crippen LogP contribution in [-0.2, 0) is 41.2 Å². The molecular weight excluding hydrogens is 873 g/mol. The van der Waals surface area contributed by atoms with Crippen molar-refractivity contribution in [1.82, 2.24) is 63.8 Å². The molecule has 328 valence electrons. The fourth-order valence-corrected chi connectivity index (χ4v) is 11.9. The third-order valence-corrected chi connectivity index (χ3v) is 15.8. The molecule has 3 fully saturated rings. The number of benzene rings is 1. The number of likely N-dealkylation sites (N-methyl/N-ethyl adjacent to an activating group) is 1. The fraction of sp³-hybridized carbons (Fsp3) is 0.351. The van der Waals surface area contributed by atoms with Gasteiger partial charge < -0.3 is 9.64 Å². The summed E-state index contributed by atoms with van der Waals surface area (Å²) in [6.07, 6.45) is 6.50. The number of aromatic amines is 3. The van der Waals surface area contributed by atoms with Crippen LogP contribution in [0.25, 0.3) is 33.1 Å². The lowest BCUT2D eigenvalue weighted by atomic mass is 10.1. The van der Waals surface area contributed by atoms with Crippen LogP contribution >= 0.6 is 0 Å². The summed E-state index contributed by atoms with van der Waals surface area (Å²) in [6, 6.07) is 13.3. The first kappa shape index (κ1) is 43.2. The molecule has 0 aliphatic carbocycles. The summed E-state index contributed by atoms with van der Waals surface area (Å²) in [6.45, 7) is 1.94. The normalized spacial score (nSPS) is 19.6. The topological polar surface area (TPSA) is 258 Å². The number of rotatable bonds is 10. The molecule has 0 saturated carbocycles. The molecule has 25 heteroatoms. The number of pyridine rings is 3. The standard InChI is InChI=1S/C14H12F2N4O2S.C12H17N5O2S.C11H12N4O3S/c15-10-6-9(7-11(16)8-10)3-5-18-23(21,22)14-12-2-1-4-17-13(12)19-20-14;1-16(2)9-5-7-17(8-9)20(18,19)12-10-4-3-6-13-11(10)14-15-12;16-19(17,15-5-8-4-7(15)6-18-8)11-9-2-1-3-12-10(9)13-14-11/h1-2,4,6-8,18H,3,5H2,(H,17,19,20);3-4,6,9H,5,7-8H2,1-2H3,(H,13,14,15);1-3,7-8H,4-6H2,(H,12,13,14)/t;;7-,8-/m..1/s1. The van der Waals surface area contributed by atoms with Gasteiger partial charge in [0, 0.05) is 56.9 Å². The number of aromatic nitrogens is 9. The van der Waals surface area contributed by atoms with Crippen LogP contribution < -0.4 is 4.72 Å². The molecule has 3 aliphatic heterocycles. The maximum Gasteiger partial charge on any atom is 0.261 e. The molecule has 1 unspecified atom stereocenters. The van der Waals surface area contributed by atoms with Gasteiger partial charge in [0.1, 0.15) is 11.6 Å². The van der Waals surface area contributed by atoms with E-state index in [-0.39, 0.29) is 46.2 Å². The smallest absolute Gasteiger partial charge is 0.261 e. The lowest BCUT2D eigenvalue weighted by Crippen LogP contribution is -2.41. The van der Waals surface area contributed by atoms with Crippen LogP contribution in [0.5, 0.6) is 0 Å². The number of sulfonamides is 3. The zero-order valence-corrected chi connectivity index (χ0v) is 35.6. The second-order valence-electron chi connectivity index (χ2n) is 14.9. The second kappa shape index (κ2) is 17.4. The van der Waals surface area contributed by atoms with Gasteiger partial charge in [0.2, 0.25) is 0 Å². The van der Waals surface area contributed by atoms with Gasteiger partial charge in [-0.25, -0.2) is 53.7 Å². The first-order valence-corrected chi connectivity index (χ1v) is 23.6. The largest absolute Gasteiger partial charge is 0.375 e. The Kier molecular flexibility index (Phi) is 12.1. The summed E-state index contributed by atoms with van der Waals surface area (Å²) in [5, 5.41) is 21.0. The Morgan fingerprint density at radius 3 is 1.79 bits per heavy atom. The molecule has 7 aromatic rings. The molecule has 0 radical (unpaired) electrons. The van der Waals surface area contributed by atoms with E-state index in [1.807, 2.05) is 14.1 Å². The van der Waals surface area contributed by atoms with Gasteiger partial charge in [0.25, 0.3) is 30.1 Å². The molecule has 2 bridgehead atoms. The van der Waals surface area contributed by atoms with Crippen molar-refractivity contribution in [1.29, 1.82) is 0 Å². The molecule has 3 saturated heterocycles. The highest BCUT2D eigenvalue weighted by Gasteiger charge is 2.46. The molecule has 1 aromatic carbocycles. The molecular formula is C37H41F2N13O7S3. The van der Waals surface area contributed by atoms with E-state index >= 15 is 0 Å². The molecule has 62 heavy (non-hydrogen) atoms. The van der Waals surface area contributed by atoms with Gasteiger partial charge in [-0.3, -0.25) is 15.3 Å². The first-order valence-electron chi connectivity index (χ1n) is 19.2. The van der Waals surface area contributed by atoms with Crippen molar-refractivity contribution < 1.29 is 38.8 Å². The SMILES string of the molecule is CN(C)C1CCN(S(=O)(=O)c2[nH]nc3ncccc23)C1.O=S(=O)(NCCc1cc(F)cc(F)c1)c1[nH]nc2ncccc12.O=S(=O)(c1[nH]nc2ncccc12)N1C[C@H]2C[C@@H]1CO2. The number of H-pyrrole nitrogens is 3. The van der Waals surface area contributed by atoms with E-state index in [0.717, 1.165) is 31.0 Å². The molecule has 20 nitrogen and oxygen atoms in total. The molecule has 4 N–H and O–H groups in total. The van der Waals surface area contributed by atoms with Crippen LogP contribution in [0.2, 0.25) is 0 Å². The van der Waals surface area contributed by atoms with E-state index in [9.17, 15) is 34.0 Å². The predicted molar refractivity (Wildman–Crippen MR) is 220 cm³/mol. The highest BCUT2D eigenvalue weighted by Crippen LogP contribution is 2.34. The van der Waals surface area contributed by atoms with Crippen molar-refractivity contribution >= 4 is 63.2 Å². The Labute approximate surface area is 354 Å². The summed E-state index contributed by atoms with van der Waals surface area (Å²) >= 11 is 0. The highest BCUT2D eigenvalue weighted by atomic mass is 32.2. The lowest BCUT2D eigenvalue weighted by Gasteiger charge is -2.25. The van der Waals surface area contributed by atoms with E-state index in [2.05, 4.69) is 55.2 Å². The van der Waals surface area contributed by atoms with E-state index in [4.69, 9.17) is 4.74 Å². The number of nitrogens with zero attached hydrogens (tertiary/aromatic N) is 9. The van der Waals surface area contributed by atoms with Crippen LogP contribution in [0, 0.1) is 11.6 Å². The van der Waals surface area contributed by atoms with Crippen molar-refractivity contribution in [2.75, 3.05) is 46.9 Å². The monoisotopic (exact) mass is 913 g/mol. The quantitative estimate of drug-likeness (QED) is 0.153. The summed E-state index contributed by atoms with van der Waals surface area (Å²) in [4.78, 5) is 14.1. The van der Waals surface area contributed by atoms with Gasteiger partial charge in [-0.2, -0.15) is 23.9 Å². The Bertz CT molecular complexity index is 3050. The maximum absolute atomic E-state index is 13.1. The van der Waals surface area contributed by atoms with Crippen molar-refractivity contribution in [3.63, 3.8) is 0 Å². The van der Waals surface area contributed by atoms with Crippen LogP contribution in [0.15, 0.2) is 88.3 Å². The Morgan fingerprint density at radius 2 is 1.29 bits per heavy atom. The number of hydrogen-bond acceptors (Lipinski definition) is 14. The molecule has 9 heterocycles. The van der Waals surface area contributed by atoms with E-state index in [0.29, 0.717) is 64.9 Å². The zero-order chi connectivity index (χ0) is 43.8. The van der Waals surface area contributed by atoms with Crippen LogP contribution in [0.4, 0.5) is 8.78 Å². The Hall–Kier alpha value is -5.41. The number of nitrogens with one attached hydrogen (secondary N) is 4. The van der Waals surface area contributed by atoms with Crippen LogP contribution in [-0.4, -0.2) is 149 Å². The number of halogens is 2. The summed E-state index contributed by atoms with van der Waals surface area (Å²) in [7, 11) is -6.99. The van der Waals surface area contributed by atoms with E-state index < -0.39 is 41.7 Å². The van der Waals surface area contributed by atoms with Gasteiger partial charge in [0.15, 0.2) is 32.0 Å². The molecule has 0 amide bonds. The number of fused-ring (bicyclic) bond motifs is 5. The minimum Gasteiger partial charge on any atom is -0.375 e. The number of hydrogen-bond donors (Lipinski definition) is 4. The molecule has 6 aromatic heterocycles.